The summed E-state index contributed by atoms with van der Waals surface area (Å²) in [4.78, 5) is 28.3. The monoisotopic (exact) mass is 436 g/mol. The molecule has 32 heavy (non-hydrogen) atoms. The first kappa shape index (κ1) is 22.3. The number of carbonyl (C=O) groups excluding carboxylic acids is 2. The highest BCUT2D eigenvalue weighted by Gasteiger charge is 2.41. The standard InChI is InChI=1S/C26H32N2O4/c1-19(29)32-18-26(31)27(17-20-6-3-2-4-7-20)12-13-28-23-10-11-24(28)15-22(14-23)21-8-5-9-25(30)16-21/h2-9,16,22-24,30H,10-15,17-18H2,1H3. The molecule has 6 heteroatoms. The molecule has 0 aromatic heterocycles. The molecule has 2 bridgehead atoms. The van der Waals surface area contributed by atoms with E-state index in [9.17, 15) is 14.7 Å². The highest BCUT2D eigenvalue weighted by Crippen LogP contribution is 2.43. The smallest absolute Gasteiger partial charge is 0.303 e. The molecule has 2 aliphatic rings. The molecule has 4 rings (SSSR count). The molecule has 170 valence electrons. The minimum atomic E-state index is -0.440. The van der Waals surface area contributed by atoms with Crippen molar-refractivity contribution in [1.29, 1.82) is 0 Å². The zero-order chi connectivity index (χ0) is 22.5. The molecule has 2 atom stereocenters. The number of rotatable bonds is 8. The largest absolute Gasteiger partial charge is 0.508 e. The van der Waals surface area contributed by atoms with Crippen LogP contribution in [0.1, 0.15) is 49.7 Å². The Morgan fingerprint density at radius 3 is 2.44 bits per heavy atom. The molecule has 2 aliphatic heterocycles. The Hall–Kier alpha value is -2.86. The number of piperidine rings is 1. The Bertz CT molecular complexity index is 918. The van der Waals surface area contributed by atoms with Gasteiger partial charge in [0.05, 0.1) is 0 Å². The number of phenols is 1. The number of aromatic hydroxyl groups is 1. The van der Waals surface area contributed by atoms with Gasteiger partial charge in [0.2, 0.25) is 0 Å². The van der Waals surface area contributed by atoms with Crippen LogP contribution >= 0.6 is 0 Å². The van der Waals surface area contributed by atoms with Crippen molar-refractivity contribution in [2.45, 2.75) is 57.2 Å². The van der Waals surface area contributed by atoms with Crippen LogP contribution in [0.25, 0.3) is 0 Å². The summed E-state index contributed by atoms with van der Waals surface area (Å²) in [5, 5.41) is 9.86. The summed E-state index contributed by atoms with van der Waals surface area (Å²) in [5.74, 6) is 0.207. The molecule has 2 unspecified atom stereocenters. The predicted molar refractivity (Wildman–Crippen MR) is 122 cm³/mol. The normalized spacial score (nSPS) is 22.5. The predicted octanol–water partition coefficient (Wildman–Crippen LogP) is 3.69. The highest BCUT2D eigenvalue weighted by atomic mass is 16.5. The fourth-order valence-electron chi connectivity index (χ4n) is 5.28. The second kappa shape index (κ2) is 10.2. The molecule has 2 aromatic carbocycles. The quantitative estimate of drug-likeness (QED) is 0.639. The third kappa shape index (κ3) is 5.49. The molecule has 6 nitrogen and oxygen atoms in total. The number of fused-ring (bicyclic) bond motifs is 2. The third-order valence-corrected chi connectivity index (χ3v) is 6.82. The molecule has 2 heterocycles. The van der Waals surface area contributed by atoms with Crippen LogP contribution < -0.4 is 0 Å². The van der Waals surface area contributed by atoms with Crippen LogP contribution in [0, 0.1) is 0 Å². The molecular formula is C26H32N2O4. The maximum absolute atomic E-state index is 12.8. The summed E-state index contributed by atoms with van der Waals surface area (Å²) in [6, 6.07) is 18.6. The lowest BCUT2D eigenvalue weighted by Gasteiger charge is -2.40. The van der Waals surface area contributed by atoms with Gasteiger partial charge in [0.1, 0.15) is 5.75 Å². The average Bonchev–Trinajstić information content (AvgIpc) is 3.02. The van der Waals surface area contributed by atoms with Crippen molar-refractivity contribution in [1.82, 2.24) is 9.80 Å². The number of amides is 1. The first-order valence-corrected chi connectivity index (χ1v) is 11.5. The van der Waals surface area contributed by atoms with Crippen molar-refractivity contribution in [2.75, 3.05) is 19.7 Å². The van der Waals surface area contributed by atoms with Crippen molar-refractivity contribution in [2.24, 2.45) is 0 Å². The van der Waals surface area contributed by atoms with Crippen LogP contribution in [-0.2, 0) is 20.9 Å². The zero-order valence-electron chi connectivity index (χ0n) is 18.7. The Labute approximate surface area is 189 Å². The Morgan fingerprint density at radius 1 is 1.06 bits per heavy atom. The van der Waals surface area contributed by atoms with Crippen LogP contribution in [0.15, 0.2) is 54.6 Å². The lowest BCUT2D eigenvalue weighted by Crippen LogP contribution is -2.47. The van der Waals surface area contributed by atoms with Gasteiger partial charge in [-0.15, -0.1) is 0 Å². The van der Waals surface area contributed by atoms with Crippen molar-refractivity contribution in [3.63, 3.8) is 0 Å². The fraction of sp³-hybridized carbons (Fsp3) is 0.462. The number of hydrogen-bond donors (Lipinski definition) is 1. The summed E-state index contributed by atoms with van der Waals surface area (Å²) in [6.07, 6.45) is 4.53. The summed E-state index contributed by atoms with van der Waals surface area (Å²) in [5.41, 5.74) is 2.29. The molecule has 2 fully saturated rings. The van der Waals surface area contributed by atoms with Crippen LogP contribution in [0.2, 0.25) is 0 Å². The molecular weight excluding hydrogens is 404 g/mol. The van der Waals surface area contributed by atoms with Gasteiger partial charge in [-0.1, -0.05) is 42.5 Å². The van der Waals surface area contributed by atoms with E-state index in [2.05, 4.69) is 11.0 Å². The first-order chi connectivity index (χ1) is 15.5. The second-order valence-corrected chi connectivity index (χ2v) is 8.97. The number of carbonyl (C=O) groups is 2. The van der Waals surface area contributed by atoms with E-state index in [1.807, 2.05) is 42.5 Å². The van der Waals surface area contributed by atoms with E-state index >= 15 is 0 Å². The SMILES string of the molecule is CC(=O)OCC(=O)N(CCN1C2CCC1CC(c1cccc(O)c1)C2)Cc1ccccc1. The highest BCUT2D eigenvalue weighted by molar-refractivity contribution is 5.80. The molecule has 0 radical (unpaired) electrons. The maximum Gasteiger partial charge on any atom is 0.303 e. The lowest BCUT2D eigenvalue weighted by molar-refractivity contribution is -0.150. The van der Waals surface area contributed by atoms with Gasteiger partial charge in [-0.25, -0.2) is 0 Å². The number of nitrogens with zero attached hydrogens (tertiary/aromatic N) is 2. The van der Waals surface area contributed by atoms with Crippen molar-refractivity contribution < 1.29 is 19.4 Å². The maximum atomic E-state index is 12.8. The summed E-state index contributed by atoms with van der Waals surface area (Å²) in [6.45, 7) is 3.05. The van der Waals surface area contributed by atoms with Gasteiger partial charge >= 0.3 is 5.97 Å². The van der Waals surface area contributed by atoms with E-state index in [0.29, 0.717) is 36.8 Å². The van der Waals surface area contributed by atoms with Gasteiger partial charge in [-0.3, -0.25) is 14.5 Å². The van der Waals surface area contributed by atoms with Gasteiger partial charge in [-0.05, 0) is 54.9 Å². The van der Waals surface area contributed by atoms with Crippen molar-refractivity contribution in [3.8, 4) is 5.75 Å². The molecule has 1 N–H and O–H groups in total. The van der Waals surface area contributed by atoms with E-state index < -0.39 is 5.97 Å². The fourth-order valence-corrected chi connectivity index (χ4v) is 5.28. The molecule has 0 aliphatic carbocycles. The topological polar surface area (TPSA) is 70.1 Å². The van der Waals surface area contributed by atoms with E-state index in [-0.39, 0.29) is 12.5 Å². The average molecular weight is 437 g/mol. The molecule has 0 spiro atoms. The molecule has 2 saturated heterocycles. The van der Waals surface area contributed by atoms with E-state index in [1.54, 1.807) is 11.0 Å². The van der Waals surface area contributed by atoms with Crippen LogP contribution in [-0.4, -0.2) is 58.6 Å². The summed E-state index contributed by atoms with van der Waals surface area (Å²) >= 11 is 0. The van der Waals surface area contributed by atoms with Gasteiger partial charge in [0.25, 0.3) is 5.91 Å². The summed E-state index contributed by atoms with van der Waals surface area (Å²) in [7, 11) is 0. The van der Waals surface area contributed by atoms with Gasteiger partial charge < -0.3 is 14.7 Å². The minimum Gasteiger partial charge on any atom is -0.508 e. The number of hydrogen-bond acceptors (Lipinski definition) is 5. The van der Waals surface area contributed by atoms with Gasteiger partial charge in [0.15, 0.2) is 6.61 Å². The summed E-state index contributed by atoms with van der Waals surface area (Å²) < 4.78 is 4.98. The van der Waals surface area contributed by atoms with E-state index in [4.69, 9.17) is 4.74 Å². The Kier molecular flexibility index (Phi) is 7.10. The van der Waals surface area contributed by atoms with Gasteiger partial charge in [-0.2, -0.15) is 0 Å². The number of esters is 1. The number of ether oxygens (including phenoxy) is 1. The molecule has 1 amide bonds. The van der Waals surface area contributed by atoms with E-state index in [0.717, 1.165) is 24.9 Å². The molecule has 2 aromatic rings. The van der Waals surface area contributed by atoms with Crippen molar-refractivity contribution in [3.05, 3.63) is 65.7 Å². The van der Waals surface area contributed by atoms with E-state index in [1.165, 1.54) is 25.3 Å². The van der Waals surface area contributed by atoms with Crippen molar-refractivity contribution >= 4 is 11.9 Å². The number of phenolic OH excluding ortho intramolecular Hbond substituents is 1. The van der Waals surface area contributed by atoms with Crippen LogP contribution in [0.3, 0.4) is 0 Å². The van der Waals surface area contributed by atoms with Crippen LogP contribution in [0.4, 0.5) is 0 Å². The molecule has 0 saturated carbocycles. The zero-order valence-corrected chi connectivity index (χ0v) is 18.7. The van der Waals surface area contributed by atoms with Gasteiger partial charge in [0, 0.05) is 38.6 Å². The minimum absolute atomic E-state index is 0.161. The lowest BCUT2D eigenvalue weighted by atomic mass is 9.85. The van der Waals surface area contributed by atoms with Crippen LogP contribution in [0.5, 0.6) is 5.75 Å². The Morgan fingerprint density at radius 2 is 1.78 bits per heavy atom. The third-order valence-electron chi connectivity index (χ3n) is 6.82. The Balaban J connectivity index is 1.39. The number of benzene rings is 2. The first-order valence-electron chi connectivity index (χ1n) is 11.5. The second-order valence-electron chi connectivity index (χ2n) is 8.97.